The summed E-state index contributed by atoms with van der Waals surface area (Å²) in [5, 5.41) is 5.90. The summed E-state index contributed by atoms with van der Waals surface area (Å²) in [6, 6.07) is 13.4. The Hall–Kier alpha value is -4.27. The Bertz CT molecular complexity index is 1580. The number of nitrogens with zero attached hydrogens (tertiary/aromatic N) is 2. The maximum absolute atomic E-state index is 12.9. The molecule has 0 saturated heterocycles. The van der Waals surface area contributed by atoms with Crippen LogP contribution in [0.3, 0.4) is 0 Å². The summed E-state index contributed by atoms with van der Waals surface area (Å²) in [6.45, 7) is 6.43. The van der Waals surface area contributed by atoms with Gasteiger partial charge in [0.1, 0.15) is 17.2 Å². The molecule has 2 N–H and O–H groups in total. The van der Waals surface area contributed by atoms with Crippen LogP contribution in [0.5, 0.6) is 17.2 Å². The molecule has 5 rings (SSSR count). The van der Waals surface area contributed by atoms with Crippen LogP contribution >= 0.6 is 0 Å². The molecule has 0 bridgehead atoms. The standard InChI is InChI=1S/C35H44N4O5/c1-22-8-7-9-23(2)32(22)44-29-15-10-24(20-39(6)34(42)36-4)18-27(29)28-21-38(5)31(40)19-30(28)43-26-13-11-25(12-14-26)37-33(41)35(3)16-17-35/h7-10,15,18-19,21,25-26H,11-14,16-17,20H2,1-6H3,(H,36,42)(H,37,41)/t25-,26-. The highest BCUT2D eigenvalue weighted by Gasteiger charge is 2.45. The van der Waals surface area contributed by atoms with Crippen LogP contribution in [0.2, 0.25) is 0 Å². The Morgan fingerprint density at radius 1 is 1.00 bits per heavy atom. The second-order valence-corrected chi connectivity index (χ2v) is 12.7. The average molecular weight is 601 g/mol. The fraction of sp³-hybridized carbons (Fsp3) is 0.457. The van der Waals surface area contributed by atoms with Crippen molar-refractivity contribution in [1.82, 2.24) is 20.1 Å². The first-order valence-electron chi connectivity index (χ1n) is 15.5. The van der Waals surface area contributed by atoms with Crippen molar-refractivity contribution in [3.63, 3.8) is 0 Å². The fourth-order valence-corrected chi connectivity index (χ4v) is 5.77. The highest BCUT2D eigenvalue weighted by molar-refractivity contribution is 5.85. The van der Waals surface area contributed by atoms with Gasteiger partial charge in [-0.1, -0.05) is 31.2 Å². The highest BCUT2D eigenvalue weighted by Crippen LogP contribution is 2.45. The van der Waals surface area contributed by atoms with E-state index in [4.69, 9.17) is 9.47 Å². The largest absolute Gasteiger partial charge is 0.490 e. The third-order valence-corrected chi connectivity index (χ3v) is 8.98. The summed E-state index contributed by atoms with van der Waals surface area (Å²) in [6.07, 6.45) is 6.83. The van der Waals surface area contributed by atoms with Crippen molar-refractivity contribution < 1.29 is 19.1 Å². The number of carbonyl (C=O) groups is 2. The summed E-state index contributed by atoms with van der Waals surface area (Å²) >= 11 is 0. The molecule has 0 atom stereocenters. The van der Waals surface area contributed by atoms with Crippen molar-refractivity contribution in [2.24, 2.45) is 12.5 Å². The van der Waals surface area contributed by atoms with Crippen molar-refractivity contribution >= 4 is 11.9 Å². The molecule has 44 heavy (non-hydrogen) atoms. The van der Waals surface area contributed by atoms with Crippen LogP contribution in [0.15, 0.2) is 53.5 Å². The molecule has 1 heterocycles. The second kappa shape index (κ2) is 12.8. The van der Waals surface area contributed by atoms with Crippen molar-refractivity contribution in [3.05, 3.63) is 75.7 Å². The van der Waals surface area contributed by atoms with E-state index < -0.39 is 0 Å². The molecule has 0 aliphatic heterocycles. The SMILES string of the molecule is CNC(=O)N(C)Cc1ccc(Oc2c(C)cccc2C)c(-c2cn(C)c(=O)cc2O[C@H]2CC[C@H](NC(=O)C3(C)CC3)CC2)c1. The lowest BCUT2D eigenvalue weighted by atomic mass is 9.92. The van der Waals surface area contributed by atoms with Gasteiger partial charge in [-0.15, -0.1) is 0 Å². The van der Waals surface area contributed by atoms with Crippen LogP contribution in [-0.2, 0) is 18.4 Å². The van der Waals surface area contributed by atoms with E-state index in [0.717, 1.165) is 72.1 Å². The number of urea groups is 1. The molecule has 2 aromatic carbocycles. The number of benzene rings is 2. The average Bonchev–Trinajstić information content (AvgIpc) is 3.76. The molecule has 2 fully saturated rings. The van der Waals surface area contributed by atoms with Gasteiger partial charge in [0.25, 0.3) is 5.56 Å². The van der Waals surface area contributed by atoms with Gasteiger partial charge >= 0.3 is 6.03 Å². The van der Waals surface area contributed by atoms with E-state index in [1.807, 2.05) is 57.2 Å². The lowest BCUT2D eigenvalue weighted by molar-refractivity contribution is -0.126. The number of aryl methyl sites for hydroxylation is 3. The zero-order valence-electron chi connectivity index (χ0n) is 26.7. The number of aromatic nitrogens is 1. The maximum Gasteiger partial charge on any atom is 0.317 e. The van der Waals surface area contributed by atoms with Crippen molar-refractivity contribution in [2.75, 3.05) is 14.1 Å². The Labute approximate surface area is 259 Å². The first-order chi connectivity index (χ1) is 21.0. The third-order valence-electron chi connectivity index (χ3n) is 8.98. The normalized spacial score (nSPS) is 18.7. The number of carbonyl (C=O) groups excluding carboxylic acids is 2. The van der Waals surface area contributed by atoms with Gasteiger partial charge in [-0.3, -0.25) is 9.59 Å². The van der Waals surface area contributed by atoms with Crippen LogP contribution in [0.4, 0.5) is 4.79 Å². The van der Waals surface area contributed by atoms with E-state index in [0.29, 0.717) is 18.0 Å². The van der Waals surface area contributed by atoms with Gasteiger partial charge in [0, 0.05) is 62.5 Å². The monoisotopic (exact) mass is 600 g/mol. The first kappa shape index (κ1) is 31.2. The van der Waals surface area contributed by atoms with Crippen LogP contribution in [0, 0.1) is 19.3 Å². The zero-order chi connectivity index (χ0) is 31.6. The quantitative estimate of drug-likeness (QED) is 0.321. The van der Waals surface area contributed by atoms with Crippen LogP contribution < -0.4 is 25.7 Å². The summed E-state index contributed by atoms with van der Waals surface area (Å²) < 4.78 is 14.7. The Kier molecular flexibility index (Phi) is 9.04. The summed E-state index contributed by atoms with van der Waals surface area (Å²) in [4.78, 5) is 39.3. The van der Waals surface area contributed by atoms with Gasteiger partial charge in [0.2, 0.25) is 5.91 Å². The van der Waals surface area contributed by atoms with Crippen molar-refractivity contribution in [1.29, 1.82) is 0 Å². The molecule has 2 aliphatic rings. The van der Waals surface area contributed by atoms with E-state index in [2.05, 4.69) is 10.6 Å². The molecule has 0 radical (unpaired) electrons. The molecule has 0 spiro atoms. The molecule has 2 aliphatic carbocycles. The topological polar surface area (TPSA) is 102 Å². The van der Waals surface area contributed by atoms with Gasteiger partial charge in [-0.2, -0.15) is 0 Å². The van der Waals surface area contributed by atoms with Gasteiger partial charge < -0.3 is 29.6 Å². The smallest absolute Gasteiger partial charge is 0.317 e. The minimum Gasteiger partial charge on any atom is -0.490 e. The molecular formula is C35H44N4O5. The van der Waals surface area contributed by atoms with E-state index in [-0.39, 0.29) is 35.1 Å². The number of para-hydroxylation sites is 1. The van der Waals surface area contributed by atoms with E-state index in [1.165, 1.54) is 0 Å². The van der Waals surface area contributed by atoms with E-state index in [1.54, 1.807) is 42.9 Å². The minimum atomic E-state index is -0.188. The highest BCUT2D eigenvalue weighted by atomic mass is 16.5. The van der Waals surface area contributed by atoms with Gasteiger partial charge in [-0.25, -0.2) is 4.79 Å². The van der Waals surface area contributed by atoms with Gasteiger partial charge in [0.05, 0.1) is 6.10 Å². The molecule has 1 aromatic heterocycles. The molecule has 2 saturated carbocycles. The number of hydrogen-bond acceptors (Lipinski definition) is 5. The van der Waals surface area contributed by atoms with E-state index >= 15 is 0 Å². The van der Waals surface area contributed by atoms with Gasteiger partial charge in [0.15, 0.2) is 0 Å². The predicted octanol–water partition coefficient (Wildman–Crippen LogP) is 5.84. The summed E-state index contributed by atoms with van der Waals surface area (Å²) in [7, 11) is 5.07. The molecule has 3 aromatic rings. The fourth-order valence-electron chi connectivity index (χ4n) is 5.77. The molecular weight excluding hydrogens is 556 g/mol. The van der Waals surface area contributed by atoms with Crippen molar-refractivity contribution in [3.8, 4) is 28.4 Å². The molecule has 9 nitrogen and oxygen atoms in total. The van der Waals surface area contributed by atoms with Crippen LogP contribution in [0.1, 0.15) is 62.1 Å². The molecule has 3 amide bonds. The number of pyridine rings is 1. The second-order valence-electron chi connectivity index (χ2n) is 12.7. The summed E-state index contributed by atoms with van der Waals surface area (Å²) in [5.41, 5.74) is 4.06. The molecule has 0 unspecified atom stereocenters. The predicted molar refractivity (Wildman–Crippen MR) is 171 cm³/mol. The third kappa shape index (κ3) is 6.93. The lowest BCUT2D eigenvalue weighted by Crippen LogP contribution is -2.42. The molecule has 9 heteroatoms. The Morgan fingerprint density at radius 3 is 2.32 bits per heavy atom. The number of amides is 3. The minimum absolute atomic E-state index is 0.0870. The number of hydrogen-bond donors (Lipinski definition) is 2. The van der Waals surface area contributed by atoms with Gasteiger partial charge in [-0.05, 0) is 81.2 Å². The van der Waals surface area contributed by atoms with Crippen LogP contribution in [-0.4, -0.2) is 47.6 Å². The summed E-state index contributed by atoms with van der Waals surface area (Å²) in [5.74, 6) is 2.05. The molecule has 234 valence electrons. The first-order valence-corrected chi connectivity index (χ1v) is 15.5. The Morgan fingerprint density at radius 2 is 1.68 bits per heavy atom. The Balaban J connectivity index is 1.46. The van der Waals surface area contributed by atoms with Crippen molar-refractivity contribution in [2.45, 2.75) is 78.0 Å². The maximum atomic E-state index is 12.9. The lowest BCUT2D eigenvalue weighted by Gasteiger charge is -2.31. The number of nitrogens with one attached hydrogen (secondary N) is 2. The van der Waals surface area contributed by atoms with E-state index in [9.17, 15) is 14.4 Å². The zero-order valence-corrected chi connectivity index (χ0v) is 26.7. The van der Waals surface area contributed by atoms with Crippen LogP contribution in [0.25, 0.3) is 11.1 Å². The number of rotatable bonds is 9. The number of ether oxygens (including phenoxy) is 2.